The highest BCUT2D eigenvalue weighted by atomic mass is 28.4. The fourth-order valence-corrected chi connectivity index (χ4v) is 3.39. The van der Waals surface area contributed by atoms with E-state index in [2.05, 4.69) is 6.58 Å². The monoisotopic (exact) mass is 306 g/mol. The Morgan fingerprint density at radius 3 is 1.72 bits per heavy atom. The van der Waals surface area contributed by atoms with Gasteiger partial charge in [0.25, 0.3) is 0 Å². The summed E-state index contributed by atoms with van der Waals surface area (Å²) in [5.74, 6) is -0.386. The van der Waals surface area contributed by atoms with Crippen molar-refractivity contribution in [3.63, 3.8) is 0 Å². The fourth-order valence-electron chi connectivity index (χ4n) is 1.13. The van der Waals surface area contributed by atoms with Gasteiger partial charge in [-0.2, -0.15) is 0 Å². The third-order valence-electron chi connectivity index (χ3n) is 1.74. The third kappa shape index (κ3) is 7.98. The van der Waals surface area contributed by atoms with E-state index in [1.807, 2.05) is 45.8 Å². The minimum absolute atomic E-state index is 0.292. The first kappa shape index (κ1) is 17.8. The maximum atomic E-state index is 11.9. The minimum Gasteiger partial charge on any atom is -0.517 e. The molecule has 0 unspecified atom stereocenters. The first-order valence-electron chi connectivity index (χ1n) is 6.26. The van der Waals surface area contributed by atoms with E-state index in [9.17, 15) is 4.79 Å². The molecule has 0 aromatic heterocycles. The van der Waals surface area contributed by atoms with Crippen LogP contribution in [-0.2, 0) is 18.1 Å². The molecule has 0 aromatic rings. The second-order valence-corrected chi connectivity index (χ2v) is 14.9. The van der Waals surface area contributed by atoms with Crippen LogP contribution in [0.1, 0.15) is 0 Å². The minimum atomic E-state index is -1.91. The van der Waals surface area contributed by atoms with Gasteiger partial charge in [0.2, 0.25) is 8.32 Å². The Morgan fingerprint density at radius 2 is 1.44 bits per heavy atom. The molecule has 7 heteroatoms. The van der Waals surface area contributed by atoms with E-state index < -0.39 is 32.7 Å². The fraction of sp³-hybridized carbons (Fsp3) is 0.727. The first-order chi connectivity index (χ1) is 8.03. The van der Waals surface area contributed by atoms with Crippen molar-refractivity contribution in [2.75, 3.05) is 0 Å². The van der Waals surface area contributed by atoms with Crippen LogP contribution in [0.15, 0.2) is 12.2 Å². The van der Waals surface area contributed by atoms with Crippen LogP contribution in [0.3, 0.4) is 0 Å². The summed E-state index contributed by atoms with van der Waals surface area (Å²) in [6.45, 7) is 17.8. The molecular weight excluding hydrogens is 280 g/mol. The molecule has 4 nitrogen and oxygen atoms in total. The van der Waals surface area contributed by atoms with E-state index in [0.29, 0.717) is 5.57 Å². The van der Waals surface area contributed by atoms with Crippen LogP contribution in [-0.4, -0.2) is 38.7 Å². The summed E-state index contributed by atoms with van der Waals surface area (Å²) in [5, 5.41) is 0. The zero-order chi connectivity index (χ0) is 14.5. The van der Waals surface area contributed by atoms with Crippen molar-refractivity contribution in [3.05, 3.63) is 12.2 Å². The van der Waals surface area contributed by atoms with Crippen molar-refractivity contribution in [1.82, 2.24) is 0 Å². The van der Waals surface area contributed by atoms with Crippen molar-refractivity contribution in [2.24, 2.45) is 0 Å². The van der Waals surface area contributed by atoms with Gasteiger partial charge in [0.05, 0.1) is 5.57 Å². The van der Waals surface area contributed by atoms with Crippen molar-refractivity contribution in [2.45, 2.75) is 52.1 Å². The van der Waals surface area contributed by atoms with Gasteiger partial charge < -0.3 is 13.3 Å². The molecule has 0 aliphatic carbocycles. The number of hydrogen-bond donors (Lipinski definition) is 0. The summed E-state index contributed by atoms with van der Waals surface area (Å²) >= 11 is 0. The molecular formula is C11H26O4Si3. The van der Waals surface area contributed by atoms with Crippen molar-refractivity contribution in [1.29, 1.82) is 0 Å². The van der Waals surface area contributed by atoms with Crippen LogP contribution in [0.2, 0.25) is 45.8 Å². The van der Waals surface area contributed by atoms with Crippen LogP contribution in [0.25, 0.3) is 0 Å². The summed E-state index contributed by atoms with van der Waals surface area (Å²) in [6, 6.07) is 0. The van der Waals surface area contributed by atoms with E-state index in [1.54, 1.807) is 0 Å². The van der Waals surface area contributed by atoms with E-state index in [-0.39, 0.29) is 5.97 Å². The molecule has 0 aliphatic rings. The van der Waals surface area contributed by atoms with E-state index in [1.165, 1.54) is 0 Å². The standard InChI is InChI=1S/C11H26O4Si3/c1-9(10(12)15-18(6,7)8)11(13-16(2)3)14-17(4)5/h11,16-17H,1H2,2-8H3. The second-order valence-electron chi connectivity index (χ2n) is 5.73. The average Bonchev–Trinajstić information content (AvgIpc) is 2.11. The molecule has 0 heterocycles. The quantitative estimate of drug-likeness (QED) is 0.411. The molecule has 0 fully saturated rings. The summed E-state index contributed by atoms with van der Waals surface area (Å²) < 4.78 is 16.9. The van der Waals surface area contributed by atoms with Gasteiger partial charge in [-0.3, -0.25) is 0 Å². The lowest BCUT2D eigenvalue weighted by molar-refractivity contribution is -0.133. The molecule has 0 radical (unpaired) electrons. The highest BCUT2D eigenvalue weighted by Gasteiger charge is 2.28. The van der Waals surface area contributed by atoms with Crippen LogP contribution < -0.4 is 0 Å². The number of rotatable bonds is 7. The summed E-state index contributed by atoms with van der Waals surface area (Å²) in [5.41, 5.74) is 0.292. The summed E-state index contributed by atoms with van der Waals surface area (Å²) in [7, 11) is -4.50. The van der Waals surface area contributed by atoms with Crippen LogP contribution in [0.4, 0.5) is 0 Å². The highest BCUT2D eigenvalue weighted by molar-refractivity contribution is 6.71. The lowest BCUT2D eigenvalue weighted by atomic mass is 10.3. The van der Waals surface area contributed by atoms with Crippen LogP contribution in [0, 0.1) is 0 Å². The molecule has 0 bridgehead atoms. The maximum Gasteiger partial charge on any atom is 0.325 e. The number of carbonyl (C=O) groups excluding carboxylic acids is 1. The van der Waals surface area contributed by atoms with Gasteiger partial charge in [-0.15, -0.1) is 0 Å². The molecule has 0 rings (SSSR count). The Bertz CT molecular complexity index is 287. The van der Waals surface area contributed by atoms with E-state index in [0.717, 1.165) is 0 Å². The van der Waals surface area contributed by atoms with Gasteiger partial charge >= 0.3 is 5.97 Å². The first-order valence-corrected chi connectivity index (χ1v) is 15.2. The summed E-state index contributed by atoms with van der Waals surface area (Å²) in [4.78, 5) is 11.9. The van der Waals surface area contributed by atoms with Crippen LogP contribution >= 0.6 is 0 Å². The largest absolute Gasteiger partial charge is 0.517 e. The summed E-state index contributed by atoms with van der Waals surface area (Å²) in [6.07, 6.45) is -0.618. The van der Waals surface area contributed by atoms with Crippen molar-refractivity contribution >= 4 is 32.4 Å². The molecule has 106 valence electrons. The molecule has 0 aromatic carbocycles. The van der Waals surface area contributed by atoms with Gasteiger partial charge in [0.15, 0.2) is 24.4 Å². The van der Waals surface area contributed by atoms with E-state index >= 15 is 0 Å². The Hall–Kier alpha value is -0.219. The van der Waals surface area contributed by atoms with Gasteiger partial charge in [-0.25, -0.2) is 4.79 Å². The topological polar surface area (TPSA) is 44.8 Å². The Balaban J connectivity index is 4.68. The van der Waals surface area contributed by atoms with Crippen molar-refractivity contribution < 1.29 is 18.1 Å². The van der Waals surface area contributed by atoms with Crippen LogP contribution in [0.5, 0.6) is 0 Å². The SMILES string of the molecule is C=C(C(=O)O[Si](C)(C)C)C(O[SiH](C)C)O[SiH](C)C. The number of hydrogen-bond acceptors (Lipinski definition) is 4. The lowest BCUT2D eigenvalue weighted by Gasteiger charge is -2.26. The second kappa shape index (κ2) is 7.39. The zero-order valence-electron chi connectivity index (χ0n) is 12.6. The molecule has 18 heavy (non-hydrogen) atoms. The lowest BCUT2D eigenvalue weighted by Crippen LogP contribution is -2.36. The predicted molar refractivity (Wildman–Crippen MR) is 82.3 cm³/mol. The Labute approximate surface area is 115 Å². The molecule has 0 N–H and O–H groups in total. The highest BCUT2D eigenvalue weighted by Crippen LogP contribution is 2.15. The smallest absolute Gasteiger partial charge is 0.325 e. The van der Waals surface area contributed by atoms with Gasteiger partial charge in [0.1, 0.15) is 0 Å². The molecule has 0 saturated carbocycles. The third-order valence-corrected chi connectivity index (χ3v) is 4.12. The van der Waals surface area contributed by atoms with Gasteiger partial charge in [-0.1, -0.05) is 6.58 Å². The number of carbonyl (C=O) groups is 1. The van der Waals surface area contributed by atoms with Crippen molar-refractivity contribution in [3.8, 4) is 0 Å². The Kier molecular flexibility index (Phi) is 7.30. The predicted octanol–water partition coefficient (Wildman–Crippen LogP) is 2.25. The molecule has 0 amide bonds. The average molecular weight is 307 g/mol. The van der Waals surface area contributed by atoms with Gasteiger partial charge in [0, 0.05) is 0 Å². The zero-order valence-corrected chi connectivity index (χ0v) is 15.9. The van der Waals surface area contributed by atoms with E-state index in [4.69, 9.17) is 13.3 Å². The normalized spacial score (nSPS) is 12.3. The molecule has 0 saturated heterocycles. The molecule has 0 spiro atoms. The maximum absolute atomic E-state index is 11.9. The molecule has 0 atom stereocenters. The Morgan fingerprint density at radius 1 is 1.06 bits per heavy atom. The molecule has 0 aliphatic heterocycles. The van der Waals surface area contributed by atoms with Gasteiger partial charge in [-0.05, 0) is 45.8 Å².